The van der Waals surface area contributed by atoms with Crippen LogP contribution < -0.4 is 5.32 Å². The number of rotatable bonds is 5. The summed E-state index contributed by atoms with van der Waals surface area (Å²) in [6.45, 7) is 5.67. The third-order valence-corrected chi connectivity index (χ3v) is 1.57. The number of hydrogen-bond acceptors (Lipinski definition) is 3. The smallest absolute Gasteiger partial charge is 0.407 e. The number of alkyl carbamates (subject to hydrolysis) is 1. The first kappa shape index (κ1) is 11.9. The molecule has 0 saturated heterocycles. The molecule has 0 aromatic heterocycles. The van der Waals surface area contributed by atoms with E-state index in [9.17, 15) is 9.59 Å². The van der Waals surface area contributed by atoms with Crippen molar-refractivity contribution in [2.24, 2.45) is 0 Å². The van der Waals surface area contributed by atoms with Gasteiger partial charge in [0.15, 0.2) is 0 Å². The van der Waals surface area contributed by atoms with Crippen LogP contribution in [-0.2, 0) is 9.53 Å². The topological polar surface area (TPSA) is 55.4 Å². The lowest BCUT2D eigenvalue weighted by atomic mass is 10.1. The highest BCUT2D eigenvalue weighted by molar-refractivity contribution is 5.79. The Morgan fingerprint density at radius 2 is 2.00 bits per heavy atom. The molecule has 0 saturated carbocycles. The maximum Gasteiger partial charge on any atom is 0.407 e. The monoisotopic (exact) mass is 187 g/mol. The van der Waals surface area contributed by atoms with E-state index in [1.165, 1.54) is 0 Å². The maximum atomic E-state index is 11.0. The van der Waals surface area contributed by atoms with Crippen molar-refractivity contribution in [3.8, 4) is 0 Å². The van der Waals surface area contributed by atoms with Crippen molar-refractivity contribution in [2.45, 2.75) is 39.7 Å². The van der Waals surface area contributed by atoms with E-state index in [4.69, 9.17) is 0 Å². The van der Waals surface area contributed by atoms with Gasteiger partial charge in [0.2, 0.25) is 0 Å². The van der Waals surface area contributed by atoms with Crippen LogP contribution in [0.4, 0.5) is 4.79 Å². The van der Waals surface area contributed by atoms with Crippen LogP contribution in [0.5, 0.6) is 0 Å². The molecule has 13 heavy (non-hydrogen) atoms. The number of amides is 1. The molecule has 0 bridgehead atoms. The van der Waals surface area contributed by atoms with E-state index in [1.807, 2.05) is 0 Å². The van der Waals surface area contributed by atoms with Crippen molar-refractivity contribution < 1.29 is 14.3 Å². The number of hydrogen-bond donors (Lipinski definition) is 1. The molecule has 0 aromatic carbocycles. The first-order chi connectivity index (χ1) is 6.10. The minimum absolute atomic E-state index is 0.143. The Labute approximate surface area is 78.6 Å². The highest BCUT2D eigenvalue weighted by atomic mass is 16.5. The quantitative estimate of drug-likeness (QED) is 0.709. The molecule has 4 heteroatoms. The Bertz CT molecular complexity index is 180. The SMILES string of the molecule is CCOC(=O)NC(C)CC(=O)CC. The average molecular weight is 187 g/mol. The van der Waals surface area contributed by atoms with Crippen molar-refractivity contribution in [3.05, 3.63) is 0 Å². The molecule has 1 atom stereocenters. The fraction of sp³-hybridized carbons (Fsp3) is 0.778. The normalized spacial score (nSPS) is 11.9. The minimum Gasteiger partial charge on any atom is -0.450 e. The summed E-state index contributed by atoms with van der Waals surface area (Å²) in [7, 11) is 0. The Balaban J connectivity index is 3.67. The maximum absolute atomic E-state index is 11.0. The molecule has 0 spiro atoms. The first-order valence-electron chi connectivity index (χ1n) is 4.55. The second-order valence-corrected chi connectivity index (χ2v) is 2.86. The van der Waals surface area contributed by atoms with Gasteiger partial charge in [-0.25, -0.2) is 4.79 Å². The molecule has 4 nitrogen and oxygen atoms in total. The molecule has 76 valence electrons. The number of nitrogens with one attached hydrogen (secondary N) is 1. The molecule has 0 heterocycles. The zero-order chi connectivity index (χ0) is 10.3. The van der Waals surface area contributed by atoms with Crippen LogP contribution in [0.25, 0.3) is 0 Å². The van der Waals surface area contributed by atoms with Gasteiger partial charge < -0.3 is 10.1 Å². The van der Waals surface area contributed by atoms with E-state index in [2.05, 4.69) is 10.1 Å². The van der Waals surface area contributed by atoms with Gasteiger partial charge in [-0.2, -0.15) is 0 Å². The van der Waals surface area contributed by atoms with E-state index >= 15 is 0 Å². The molecule has 0 radical (unpaired) electrons. The fourth-order valence-electron chi connectivity index (χ4n) is 0.911. The molecule has 0 aliphatic heterocycles. The van der Waals surface area contributed by atoms with Crippen LogP contribution in [0, 0.1) is 0 Å². The van der Waals surface area contributed by atoms with Gasteiger partial charge in [0.05, 0.1) is 6.61 Å². The van der Waals surface area contributed by atoms with Crippen molar-refractivity contribution >= 4 is 11.9 Å². The van der Waals surface area contributed by atoms with Gasteiger partial charge in [-0.15, -0.1) is 0 Å². The Morgan fingerprint density at radius 1 is 1.38 bits per heavy atom. The second kappa shape index (κ2) is 6.46. The van der Waals surface area contributed by atoms with Crippen LogP contribution in [0.1, 0.15) is 33.6 Å². The summed E-state index contributed by atoms with van der Waals surface area (Å²) in [4.78, 5) is 21.8. The van der Waals surface area contributed by atoms with Gasteiger partial charge in [0.25, 0.3) is 0 Å². The van der Waals surface area contributed by atoms with Crippen LogP contribution in [-0.4, -0.2) is 24.5 Å². The summed E-state index contributed by atoms with van der Waals surface area (Å²) in [5.74, 6) is 0.143. The Kier molecular flexibility index (Phi) is 5.93. The molecule has 1 amide bonds. The average Bonchev–Trinajstić information content (AvgIpc) is 2.04. The lowest BCUT2D eigenvalue weighted by Gasteiger charge is -2.11. The largest absolute Gasteiger partial charge is 0.450 e. The summed E-state index contributed by atoms with van der Waals surface area (Å²) in [6.07, 6.45) is 0.420. The number of Topliss-reactive ketones (excluding diaryl/α,β-unsaturated/α-hetero) is 1. The molecular formula is C9H17NO3. The van der Waals surface area contributed by atoms with Crippen LogP contribution in [0.3, 0.4) is 0 Å². The second-order valence-electron chi connectivity index (χ2n) is 2.86. The van der Waals surface area contributed by atoms with E-state index in [1.54, 1.807) is 20.8 Å². The third kappa shape index (κ3) is 6.13. The van der Waals surface area contributed by atoms with Crippen LogP contribution in [0.15, 0.2) is 0 Å². The first-order valence-corrected chi connectivity index (χ1v) is 4.55. The summed E-state index contributed by atoms with van der Waals surface area (Å²) in [5.41, 5.74) is 0. The molecular weight excluding hydrogens is 170 g/mol. The zero-order valence-corrected chi connectivity index (χ0v) is 8.42. The fourth-order valence-corrected chi connectivity index (χ4v) is 0.911. The number of ketones is 1. The molecule has 0 aliphatic carbocycles. The molecule has 0 rings (SSSR count). The minimum atomic E-state index is -0.459. The molecule has 0 fully saturated rings. The highest BCUT2D eigenvalue weighted by Crippen LogP contribution is 1.95. The molecule has 0 aliphatic rings. The van der Waals surface area contributed by atoms with E-state index in [0.29, 0.717) is 19.4 Å². The third-order valence-electron chi connectivity index (χ3n) is 1.57. The Hall–Kier alpha value is -1.06. The molecule has 0 aromatic rings. The van der Waals surface area contributed by atoms with E-state index in [0.717, 1.165) is 0 Å². The highest BCUT2D eigenvalue weighted by Gasteiger charge is 2.10. The summed E-state index contributed by atoms with van der Waals surface area (Å²) >= 11 is 0. The van der Waals surface area contributed by atoms with Crippen molar-refractivity contribution in [2.75, 3.05) is 6.61 Å². The Morgan fingerprint density at radius 3 is 2.46 bits per heavy atom. The van der Waals surface area contributed by atoms with Crippen LogP contribution >= 0.6 is 0 Å². The molecule has 1 N–H and O–H groups in total. The lowest BCUT2D eigenvalue weighted by molar-refractivity contribution is -0.119. The van der Waals surface area contributed by atoms with Gasteiger partial charge in [0, 0.05) is 18.9 Å². The van der Waals surface area contributed by atoms with Gasteiger partial charge >= 0.3 is 6.09 Å². The number of carbonyl (C=O) groups excluding carboxylic acids is 2. The zero-order valence-electron chi connectivity index (χ0n) is 8.42. The van der Waals surface area contributed by atoms with Crippen LogP contribution in [0.2, 0.25) is 0 Å². The standard InChI is InChI=1S/C9H17NO3/c1-4-8(11)6-7(3)10-9(12)13-5-2/h7H,4-6H2,1-3H3,(H,10,12). The van der Waals surface area contributed by atoms with Gasteiger partial charge in [-0.3, -0.25) is 4.79 Å². The summed E-state index contributed by atoms with van der Waals surface area (Å²) < 4.78 is 4.67. The summed E-state index contributed by atoms with van der Waals surface area (Å²) in [5, 5.41) is 2.56. The number of ether oxygens (including phenoxy) is 1. The predicted molar refractivity (Wildman–Crippen MR) is 49.5 cm³/mol. The van der Waals surface area contributed by atoms with Gasteiger partial charge in [-0.1, -0.05) is 6.92 Å². The van der Waals surface area contributed by atoms with Crippen molar-refractivity contribution in [1.29, 1.82) is 0 Å². The number of carbonyl (C=O) groups is 2. The van der Waals surface area contributed by atoms with Gasteiger partial charge in [-0.05, 0) is 13.8 Å². The van der Waals surface area contributed by atoms with E-state index in [-0.39, 0.29) is 11.8 Å². The molecule has 1 unspecified atom stereocenters. The van der Waals surface area contributed by atoms with E-state index < -0.39 is 6.09 Å². The summed E-state index contributed by atoms with van der Waals surface area (Å²) in [6, 6.07) is -0.147. The lowest BCUT2D eigenvalue weighted by Crippen LogP contribution is -2.34. The predicted octanol–water partition coefficient (Wildman–Crippen LogP) is 1.49. The van der Waals surface area contributed by atoms with Crippen molar-refractivity contribution in [3.63, 3.8) is 0 Å². The van der Waals surface area contributed by atoms with Gasteiger partial charge in [0.1, 0.15) is 5.78 Å². The van der Waals surface area contributed by atoms with Crippen molar-refractivity contribution in [1.82, 2.24) is 5.32 Å².